The first-order chi connectivity index (χ1) is 4.24. The monoisotopic (exact) mass is 127 g/mol. The lowest BCUT2D eigenvalue weighted by molar-refractivity contribution is -0.119. The highest BCUT2D eigenvalue weighted by atomic mass is 16.1. The van der Waals surface area contributed by atoms with Crippen LogP contribution in [0, 0.1) is 5.92 Å². The Kier molecular flexibility index (Phi) is 1.74. The van der Waals surface area contributed by atoms with Gasteiger partial charge in [-0.3, -0.25) is 4.79 Å². The van der Waals surface area contributed by atoms with Crippen molar-refractivity contribution in [2.45, 2.75) is 32.7 Å². The summed E-state index contributed by atoms with van der Waals surface area (Å²) in [5.41, 5.74) is 0. The molecule has 9 heavy (non-hydrogen) atoms. The number of hydrogen-bond donors (Lipinski definition) is 1. The maximum absolute atomic E-state index is 10.7. The summed E-state index contributed by atoms with van der Waals surface area (Å²) in [7, 11) is 0. The zero-order chi connectivity index (χ0) is 6.85. The number of nitrogens with one attached hydrogen (secondary N) is 1. The van der Waals surface area contributed by atoms with Crippen LogP contribution in [0.4, 0.5) is 0 Å². The van der Waals surface area contributed by atoms with Crippen molar-refractivity contribution in [2.24, 2.45) is 5.92 Å². The first-order valence-corrected chi connectivity index (χ1v) is 3.53. The summed E-state index contributed by atoms with van der Waals surface area (Å²) >= 11 is 0. The molecule has 1 N–H and O–H groups in total. The van der Waals surface area contributed by atoms with Gasteiger partial charge in [0.25, 0.3) is 0 Å². The van der Waals surface area contributed by atoms with E-state index in [0.717, 1.165) is 12.8 Å². The van der Waals surface area contributed by atoms with Crippen molar-refractivity contribution in [1.29, 1.82) is 0 Å². The van der Waals surface area contributed by atoms with Crippen LogP contribution in [0.25, 0.3) is 0 Å². The molecule has 0 aliphatic carbocycles. The second kappa shape index (κ2) is 2.38. The summed E-state index contributed by atoms with van der Waals surface area (Å²) in [6.45, 7) is 4.22. The molecule has 0 aromatic carbocycles. The van der Waals surface area contributed by atoms with E-state index in [4.69, 9.17) is 0 Å². The number of carbonyl (C=O) groups is 1. The topological polar surface area (TPSA) is 29.1 Å². The third kappa shape index (κ3) is 1.23. The Morgan fingerprint density at radius 1 is 1.78 bits per heavy atom. The molecule has 0 spiro atoms. The van der Waals surface area contributed by atoms with Crippen LogP contribution in [0.1, 0.15) is 26.7 Å². The van der Waals surface area contributed by atoms with Crippen molar-refractivity contribution >= 4 is 5.91 Å². The van der Waals surface area contributed by atoms with E-state index in [0.29, 0.717) is 12.0 Å². The van der Waals surface area contributed by atoms with E-state index in [-0.39, 0.29) is 5.91 Å². The first kappa shape index (κ1) is 6.59. The summed E-state index contributed by atoms with van der Waals surface area (Å²) in [5.74, 6) is 0.761. The van der Waals surface area contributed by atoms with Crippen LogP contribution in [-0.4, -0.2) is 11.9 Å². The van der Waals surface area contributed by atoms with E-state index in [1.54, 1.807) is 0 Å². The minimum atomic E-state index is 0.217. The van der Waals surface area contributed by atoms with E-state index in [9.17, 15) is 4.79 Å². The fraction of sp³-hybridized carbons (Fsp3) is 0.857. The lowest BCUT2D eigenvalue weighted by Gasteiger charge is -2.10. The van der Waals surface area contributed by atoms with Crippen molar-refractivity contribution < 1.29 is 4.79 Å². The van der Waals surface area contributed by atoms with E-state index in [1.165, 1.54) is 0 Å². The summed E-state index contributed by atoms with van der Waals surface area (Å²) in [6, 6.07) is 0.442. The number of rotatable bonds is 1. The van der Waals surface area contributed by atoms with Crippen LogP contribution in [0.5, 0.6) is 0 Å². The third-order valence-corrected chi connectivity index (χ3v) is 1.98. The number of amides is 1. The molecule has 0 aromatic rings. The molecule has 52 valence electrons. The molecular formula is C7H13NO. The van der Waals surface area contributed by atoms with Gasteiger partial charge in [0.15, 0.2) is 0 Å². The SMILES string of the molecule is CCC1NC(=O)C[C@H]1C. The smallest absolute Gasteiger partial charge is 0.220 e. The highest BCUT2D eigenvalue weighted by molar-refractivity contribution is 5.78. The molecule has 1 aliphatic heterocycles. The Hall–Kier alpha value is -0.530. The van der Waals surface area contributed by atoms with Gasteiger partial charge in [0.1, 0.15) is 0 Å². The maximum atomic E-state index is 10.7. The molecule has 0 bridgehead atoms. The molecule has 1 unspecified atom stereocenters. The fourth-order valence-corrected chi connectivity index (χ4v) is 1.35. The molecule has 0 aromatic heterocycles. The predicted molar refractivity (Wildman–Crippen MR) is 36.0 cm³/mol. The second-order valence-electron chi connectivity index (χ2n) is 2.76. The minimum Gasteiger partial charge on any atom is -0.353 e. The van der Waals surface area contributed by atoms with Gasteiger partial charge in [0.2, 0.25) is 5.91 Å². The van der Waals surface area contributed by atoms with Gasteiger partial charge in [0.05, 0.1) is 0 Å². The van der Waals surface area contributed by atoms with E-state index in [1.807, 2.05) is 0 Å². The van der Waals surface area contributed by atoms with Crippen LogP contribution < -0.4 is 5.32 Å². The third-order valence-electron chi connectivity index (χ3n) is 1.98. The Morgan fingerprint density at radius 3 is 2.67 bits per heavy atom. The summed E-state index contributed by atoms with van der Waals surface area (Å²) in [5, 5.41) is 2.91. The molecule has 1 rings (SSSR count). The van der Waals surface area contributed by atoms with Gasteiger partial charge in [-0.25, -0.2) is 0 Å². The van der Waals surface area contributed by atoms with Gasteiger partial charge in [-0.15, -0.1) is 0 Å². The fourth-order valence-electron chi connectivity index (χ4n) is 1.35. The lowest BCUT2D eigenvalue weighted by Crippen LogP contribution is -2.26. The Balaban J connectivity index is 2.47. The molecule has 1 amide bonds. The summed E-state index contributed by atoms with van der Waals surface area (Å²) < 4.78 is 0. The quantitative estimate of drug-likeness (QED) is 0.557. The van der Waals surface area contributed by atoms with Gasteiger partial charge in [-0.2, -0.15) is 0 Å². The van der Waals surface area contributed by atoms with E-state index in [2.05, 4.69) is 19.2 Å². The Morgan fingerprint density at radius 2 is 2.44 bits per heavy atom. The molecule has 2 nitrogen and oxygen atoms in total. The zero-order valence-corrected chi connectivity index (χ0v) is 5.98. The standard InChI is InChI=1S/C7H13NO/c1-3-6-5(2)4-7(9)8-6/h5-6H,3-4H2,1-2H3,(H,8,9)/t5-,6?/m1/s1. The van der Waals surface area contributed by atoms with Gasteiger partial charge in [-0.05, 0) is 12.3 Å². The Labute approximate surface area is 55.6 Å². The normalized spacial score (nSPS) is 34.7. The molecule has 0 saturated carbocycles. The molecule has 1 fully saturated rings. The minimum absolute atomic E-state index is 0.217. The van der Waals surface area contributed by atoms with Crippen LogP contribution in [-0.2, 0) is 4.79 Å². The Bertz CT molecular complexity index is 122. The van der Waals surface area contributed by atoms with Crippen LogP contribution in [0.15, 0.2) is 0 Å². The summed E-state index contributed by atoms with van der Waals surface area (Å²) in [6.07, 6.45) is 1.78. The van der Waals surface area contributed by atoms with E-state index >= 15 is 0 Å². The molecule has 1 aliphatic rings. The average Bonchev–Trinajstić information content (AvgIpc) is 2.10. The van der Waals surface area contributed by atoms with Crippen molar-refractivity contribution in [1.82, 2.24) is 5.32 Å². The van der Waals surface area contributed by atoms with Crippen LogP contribution >= 0.6 is 0 Å². The van der Waals surface area contributed by atoms with E-state index < -0.39 is 0 Å². The van der Waals surface area contributed by atoms with Crippen molar-refractivity contribution in [3.63, 3.8) is 0 Å². The average molecular weight is 127 g/mol. The van der Waals surface area contributed by atoms with Gasteiger partial charge >= 0.3 is 0 Å². The number of hydrogen-bond acceptors (Lipinski definition) is 1. The molecule has 2 heteroatoms. The highest BCUT2D eigenvalue weighted by Crippen LogP contribution is 2.17. The molecule has 1 heterocycles. The van der Waals surface area contributed by atoms with Gasteiger partial charge < -0.3 is 5.32 Å². The lowest BCUT2D eigenvalue weighted by atomic mass is 10.0. The molecular weight excluding hydrogens is 114 g/mol. The maximum Gasteiger partial charge on any atom is 0.220 e. The van der Waals surface area contributed by atoms with Gasteiger partial charge in [0, 0.05) is 12.5 Å². The largest absolute Gasteiger partial charge is 0.353 e. The zero-order valence-electron chi connectivity index (χ0n) is 5.98. The van der Waals surface area contributed by atoms with Crippen LogP contribution in [0.3, 0.4) is 0 Å². The van der Waals surface area contributed by atoms with Gasteiger partial charge in [-0.1, -0.05) is 13.8 Å². The molecule has 0 radical (unpaired) electrons. The molecule has 1 saturated heterocycles. The van der Waals surface area contributed by atoms with Crippen molar-refractivity contribution in [3.8, 4) is 0 Å². The predicted octanol–water partition coefficient (Wildman–Crippen LogP) is 0.921. The number of carbonyl (C=O) groups excluding carboxylic acids is 1. The van der Waals surface area contributed by atoms with Crippen molar-refractivity contribution in [2.75, 3.05) is 0 Å². The van der Waals surface area contributed by atoms with Crippen LogP contribution in [0.2, 0.25) is 0 Å². The summed E-state index contributed by atoms with van der Waals surface area (Å²) in [4.78, 5) is 10.7. The molecule has 2 atom stereocenters. The second-order valence-corrected chi connectivity index (χ2v) is 2.76. The van der Waals surface area contributed by atoms with Crippen molar-refractivity contribution in [3.05, 3.63) is 0 Å². The highest BCUT2D eigenvalue weighted by Gasteiger charge is 2.26. The first-order valence-electron chi connectivity index (χ1n) is 3.53.